The van der Waals surface area contributed by atoms with E-state index >= 15 is 0 Å². The zero-order chi connectivity index (χ0) is 14.5. The van der Waals surface area contributed by atoms with Gasteiger partial charge in [-0.1, -0.05) is 35.6 Å². The maximum atomic E-state index is 8.82. The summed E-state index contributed by atoms with van der Waals surface area (Å²) >= 11 is 3.02. The number of azo groups is 1. The van der Waals surface area contributed by atoms with Gasteiger partial charge in [-0.3, -0.25) is 0 Å². The predicted octanol–water partition coefficient (Wildman–Crippen LogP) is 5.35. The summed E-state index contributed by atoms with van der Waals surface area (Å²) in [7, 11) is 0. The van der Waals surface area contributed by atoms with Gasteiger partial charge in [0.2, 0.25) is 0 Å². The minimum absolute atomic E-state index is 0.296. The van der Waals surface area contributed by atoms with E-state index in [0.717, 1.165) is 26.3 Å². The highest BCUT2D eigenvalue weighted by atomic mass is 32.1. The smallest absolute Gasteiger partial charge is 0.167 e. The van der Waals surface area contributed by atoms with Gasteiger partial charge < -0.3 is 0 Å². The molecule has 21 heavy (non-hydrogen) atoms. The Balaban J connectivity index is 1.97. The van der Waals surface area contributed by atoms with Crippen molar-refractivity contribution in [3.05, 3.63) is 52.9 Å². The summed E-state index contributed by atoms with van der Waals surface area (Å²) in [6, 6.07) is 15.7. The molecule has 2 aromatic heterocycles. The average molecular weight is 310 g/mol. The normalized spacial score (nSPS) is 10.8. The van der Waals surface area contributed by atoms with Crippen molar-refractivity contribution in [1.82, 2.24) is 4.98 Å². The molecule has 2 heterocycles. The van der Waals surface area contributed by atoms with Crippen LogP contribution in [-0.4, -0.2) is 4.98 Å². The Bertz CT molecular complexity index is 783. The molecule has 0 amide bonds. The molecule has 0 radical (unpaired) electrons. The molecule has 0 spiro atoms. The molecule has 1 aromatic carbocycles. The van der Waals surface area contributed by atoms with Gasteiger partial charge in [0.25, 0.3) is 0 Å². The van der Waals surface area contributed by atoms with Crippen molar-refractivity contribution in [3.8, 4) is 16.6 Å². The van der Waals surface area contributed by atoms with E-state index in [1.807, 2.05) is 47.8 Å². The largest absolute Gasteiger partial charge is 0.237 e. The molecule has 0 aliphatic heterocycles. The zero-order valence-electron chi connectivity index (χ0n) is 10.9. The van der Waals surface area contributed by atoms with E-state index in [9.17, 15) is 0 Å². The van der Waals surface area contributed by atoms with Gasteiger partial charge >= 0.3 is 0 Å². The SMILES string of the molecule is N#CCc1nc(-c2cccs2)c(N=Nc2ccccc2)s1. The first-order valence-corrected chi connectivity index (χ1v) is 7.94. The van der Waals surface area contributed by atoms with Crippen LogP contribution in [0.3, 0.4) is 0 Å². The van der Waals surface area contributed by atoms with Gasteiger partial charge in [0.1, 0.15) is 10.7 Å². The Hall–Kier alpha value is -2.36. The number of rotatable bonds is 4. The van der Waals surface area contributed by atoms with Gasteiger partial charge in [0.15, 0.2) is 5.00 Å². The lowest BCUT2D eigenvalue weighted by molar-refractivity contribution is 1.19. The second-order valence-corrected chi connectivity index (χ2v) is 6.12. The van der Waals surface area contributed by atoms with E-state index in [0.29, 0.717) is 6.42 Å². The summed E-state index contributed by atoms with van der Waals surface area (Å²) in [5, 5.41) is 20.9. The number of thiophene rings is 1. The van der Waals surface area contributed by atoms with Gasteiger partial charge in [0.05, 0.1) is 23.1 Å². The average Bonchev–Trinajstić information content (AvgIpc) is 3.15. The van der Waals surface area contributed by atoms with E-state index in [1.54, 1.807) is 11.3 Å². The molecular formula is C15H10N4S2. The zero-order valence-corrected chi connectivity index (χ0v) is 12.6. The molecule has 0 aliphatic carbocycles. The molecular weight excluding hydrogens is 300 g/mol. The molecule has 0 fully saturated rings. The number of hydrogen-bond acceptors (Lipinski definition) is 6. The van der Waals surface area contributed by atoms with Crippen LogP contribution in [0, 0.1) is 11.3 Å². The number of aromatic nitrogens is 1. The molecule has 0 atom stereocenters. The minimum atomic E-state index is 0.296. The highest BCUT2D eigenvalue weighted by Crippen LogP contribution is 2.38. The Morgan fingerprint density at radius 1 is 1.10 bits per heavy atom. The molecule has 0 N–H and O–H groups in total. The van der Waals surface area contributed by atoms with Crippen molar-refractivity contribution in [2.45, 2.75) is 6.42 Å². The van der Waals surface area contributed by atoms with E-state index < -0.39 is 0 Å². The molecule has 0 aliphatic rings. The van der Waals surface area contributed by atoms with Crippen LogP contribution in [0.25, 0.3) is 10.6 Å². The second kappa shape index (κ2) is 6.39. The summed E-state index contributed by atoms with van der Waals surface area (Å²) in [4.78, 5) is 5.55. The van der Waals surface area contributed by atoms with Crippen molar-refractivity contribution in [2.24, 2.45) is 10.2 Å². The lowest BCUT2D eigenvalue weighted by Gasteiger charge is -1.93. The lowest BCUT2D eigenvalue weighted by atomic mass is 10.3. The van der Waals surface area contributed by atoms with E-state index in [4.69, 9.17) is 5.26 Å². The van der Waals surface area contributed by atoms with Gasteiger partial charge in [-0.15, -0.1) is 21.6 Å². The number of nitriles is 1. The van der Waals surface area contributed by atoms with Crippen LogP contribution in [-0.2, 0) is 6.42 Å². The molecule has 3 aromatic rings. The van der Waals surface area contributed by atoms with Gasteiger partial charge in [-0.25, -0.2) is 4.98 Å². The van der Waals surface area contributed by atoms with Gasteiger partial charge in [-0.2, -0.15) is 5.26 Å². The van der Waals surface area contributed by atoms with E-state index in [1.165, 1.54) is 11.3 Å². The van der Waals surface area contributed by atoms with Crippen LogP contribution in [0.4, 0.5) is 10.7 Å². The van der Waals surface area contributed by atoms with Crippen LogP contribution in [0.15, 0.2) is 58.1 Å². The molecule has 6 heteroatoms. The van der Waals surface area contributed by atoms with Crippen molar-refractivity contribution in [1.29, 1.82) is 5.26 Å². The number of nitrogens with zero attached hydrogens (tertiary/aromatic N) is 4. The third kappa shape index (κ3) is 3.21. The number of thiazole rings is 1. The number of hydrogen-bond donors (Lipinski definition) is 0. The lowest BCUT2D eigenvalue weighted by Crippen LogP contribution is -1.78. The minimum Gasteiger partial charge on any atom is -0.237 e. The summed E-state index contributed by atoms with van der Waals surface area (Å²) in [5.74, 6) is 0. The van der Waals surface area contributed by atoms with Crippen LogP contribution in [0.1, 0.15) is 5.01 Å². The molecule has 0 saturated carbocycles. The summed E-state index contributed by atoms with van der Waals surface area (Å²) in [6.07, 6.45) is 0.296. The fraction of sp³-hybridized carbons (Fsp3) is 0.0667. The summed E-state index contributed by atoms with van der Waals surface area (Å²) in [6.45, 7) is 0. The molecule has 4 nitrogen and oxygen atoms in total. The summed E-state index contributed by atoms with van der Waals surface area (Å²) < 4.78 is 0. The first-order chi connectivity index (χ1) is 10.4. The van der Waals surface area contributed by atoms with Crippen molar-refractivity contribution >= 4 is 33.4 Å². The van der Waals surface area contributed by atoms with Gasteiger partial charge in [0, 0.05) is 0 Å². The Labute approximate surface area is 130 Å². The van der Waals surface area contributed by atoms with E-state index in [2.05, 4.69) is 21.3 Å². The monoisotopic (exact) mass is 310 g/mol. The standard InChI is InChI=1S/C15H10N4S2/c16-9-8-13-17-14(12-7-4-10-20-12)15(21-13)19-18-11-5-2-1-3-6-11/h1-7,10H,8H2. The first kappa shape index (κ1) is 13.6. The summed E-state index contributed by atoms with van der Waals surface area (Å²) in [5.41, 5.74) is 1.60. The van der Waals surface area contributed by atoms with E-state index in [-0.39, 0.29) is 0 Å². The fourth-order valence-corrected chi connectivity index (χ4v) is 3.35. The topological polar surface area (TPSA) is 61.4 Å². The molecule has 0 bridgehead atoms. The van der Waals surface area contributed by atoms with Gasteiger partial charge in [-0.05, 0) is 23.6 Å². The van der Waals surface area contributed by atoms with Crippen LogP contribution >= 0.6 is 22.7 Å². The fourth-order valence-electron chi connectivity index (χ4n) is 1.74. The van der Waals surface area contributed by atoms with Crippen LogP contribution in [0.2, 0.25) is 0 Å². The third-order valence-corrected chi connectivity index (χ3v) is 4.47. The quantitative estimate of drug-likeness (QED) is 0.609. The van der Waals surface area contributed by atoms with Crippen molar-refractivity contribution in [3.63, 3.8) is 0 Å². The maximum absolute atomic E-state index is 8.82. The Morgan fingerprint density at radius 3 is 2.67 bits per heavy atom. The molecule has 0 unspecified atom stereocenters. The molecule has 0 saturated heterocycles. The van der Waals surface area contributed by atoms with Crippen molar-refractivity contribution < 1.29 is 0 Å². The highest BCUT2D eigenvalue weighted by molar-refractivity contribution is 7.17. The molecule has 3 rings (SSSR count). The van der Waals surface area contributed by atoms with Crippen LogP contribution in [0.5, 0.6) is 0 Å². The first-order valence-electron chi connectivity index (χ1n) is 6.24. The third-order valence-electron chi connectivity index (χ3n) is 2.65. The number of benzene rings is 1. The Kier molecular flexibility index (Phi) is 4.15. The highest BCUT2D eigenvalue weighted by Gasteiger charge is 2.13. The molecule has 102 valence electrons. The second-order valence-electron chi connectivity index (χ2n) is 4.11. The van der Waals surface area contributed by atoms with Crippen LogP contribution < -0.4 is 0 Å². The maximum Gasteiger partial charge on any atom is 0.167 e. The Morgan fingerprint density at radius 2 is 1.95 bits per heavy atom. The predicted molar refractivity (Wildman–Crippen MR) is 85.4 cm³/mol. The van der Waals surface area contributed by atoms with Crippen molar-refractivity contribution in [2.75, 3.05) is 0 Å².